The smallest absolute Gasteiger partial charge is 0.118 e. The Balaban J connectivity index is 2.04. The minimum Gasteiger partial charge on any atom is -0.497 e. The van der Waals surface area contributed by atoms with Crippen LogP contribution in [0.5, 0.6) is 5.75 Å². The molecule has 2 unspecified atom stereocenters. The van der Waals surface area contributed by atoms with Gasteiger partial charge in [0.1, 0.15) is 5.75 Å². The molecule has 1 aromatic carbocycles. The molecule has 1 aromatic rings. The predicted octanol–water partition coefficient (Wildman–Crippen LogP) is 3.29. The van der Waals surface area contributed by atoms with Gasteiger partial charge in [-0.1, -0.05) is 39.3 Å². The van der Waals surface area contributed by atoms with E-state index in [0.29, 0.717) is 18.0 Å². The second kappa shape index (κ2) is 7.81. The second-order valence-electron chi connectivity index (χ2n) is 6.48. The fourth-order valence-corrected chi connectivity index (χ4v) is 3.25. The number of hydrogen-bond acceptors (Lipinski definition) is 3. The minimum absolute atomic E-state index is 0.625. The Hall–Kier alpha value is -1.06. The lowest BCUT2D eigenvalue weighted by molar-refractivity contribution is 0.0885. The Kier molecular flexibility index (Phi) is 6.07. The van der Waals surface area contributed by atoms with Crippen molar-refractivity contribution in [3.63, 3.8) is 0 Å². The third-order valence-electron chi connectivity index (χ3n) is 4.49. The van der Waals surface area contributed by atoms with E-state index >= 15 is 0 Å². The van der Waals surface area contributed by atoms with Crippen LogP contribution in [0.15, 0.2) is 24.3 Å². The molecule has 1 N–H and O–H groups in total. The van der Waals surface area contributed by atoms with Gasteiger partial charge in [-0.3, -0.25) is 4.90 Å². The SMILES string of the molecule is CCCC1CN(Cc2ccc(OC)cc2)C(C(C)C)CN1. The zero-order chi connectivity index (χ0) is 15.2. The van der Waals surface area contributed by atoms with Crippen LogP contribution in [0.4, 0.5) is 0 Å². The van der Waals surface area contributed by atoms with Crippen molar-refractivity contribution in [1.82, 2.24) is 10.2 Å². The average molecular weight is 290 g/mol. The number of benzene rings is 1. The monoisotopic (exact) mass is 290 g/mol. The molecular formula is C18H30N2O. The summed E-state index contributed by atoms with van der Waals surface area (Å²) < 4.78 is 5.24. The molecule has 1 heterocycles. The summed E-state index contributed by atoms with van der Waals surface area (Å²) in [5, 5.41) is 3.72. The van der Waals surface area contributed by atoms with Crippen LogP contribution in [0.25, 0.3) is 0 Å². The minimum atomic E-state index is 0.625. The van der Waals surface area contributed by atoms with Gasteiger partial charge in [0.2, 0.25) is 0 Å². The van der Waals surface area contributed by atoms with E-state index in [2.05, 4.69) is 55.3 Å². The van der Waals surface area contributed by atoms with Gasteiger partial charge in [0.25, 0.3) is 0 Å². The van der Waals surface area contributed by atoms with Crippen LogP contribution >= 0.6 is 0 Å². The maximum atomic E-state index is 5.24. The highest BCUT2D eigenvalue weighted by molar-refractivity contribution is 5.27. The molecule has 0 aliphatic carbocycles. The molecule has 0 radical (unpaired) electrons. The summed E-state index contributed by atoms with van der Waals surface area (Å²) in [6.07, 6.45) is 2.52. The fourth-order valence-electron chi connectivity index (χ4n) is 3.25. The van der Waals surface area contributed by atoms with E-state index in [-0.39, 0.29) is 0 Å². The summed E-state index contributed by atoms with van der Waals surface area (Å²) in [4.78, 5) is 2.66. The Bertz CT molecular complexity index is 416. The topological polar surface area (TPSA) is 24.5 Å². The van der Waals surface area contributed by atoms with Crippen molar-refractivity contribution in [1.29, 1.82) is 0 Å². The largest absolute Gasteiger partial charge is 0.497 e. The third kappa shape index (κ3) is 4.45. The first kappa shape index (κ1) is 16.3. The van der Waals surface area contributed by atoms with E-state index in [4.69, 9.17) is 4.74 Å². The van der Waals surface area contributed by atoms with E-state index in [9.17, 15) is 0 Å². The van der Waals surface area contributed by atoms with Gasteiger partial charge in [-0.15, -0.1) is 0 Å². The molecule has 3 heteroatoms. The number of rotatable bonds is 6. The number of hydrogen-bond donors (Lipinski definition) is 1. The van der Waals surface area contributed by atoms with Crippen LogP contribution in [0.3, 0.4) is 0 Å². The van der Waals surface area contributed by atoms with Gasteiger partial charge in [-0.05, 0) is 30.0 Å². The molecule has 1 saturated heterocycles. The van der Waals surface area contributed by atoms with Gasteiger partial charge < -0.3 is 10.1 Å². The number of methoxy groups -OCH3 is 1. The number of nitrogens with zero attached hydrogens (tertiary/aromatic N) is 1. The highest BCUT2D eigenvalue weighted by atomic mass is 16.5. The van der Waals surface area contributed by atoms with Crippen molar-refractivity contribution in [2.45, 2.75) is 52.2 Å². The first-order valence-electron chi connectivity index (χ1n) is 8.24. The van der Waals surface area contributed by atoms with E-state index in [1.54, 1.807) is 7.11 Å². The molecule has 0 bridgehead atoms. The van der Waals surface area contributed by atoms with Gasteiger partial charge in [0.15, 0.2) is 0 Å². The van der Waals surface area contributed by atoms with Crippen LogP contribution in [-0.2, 0) is 6.54 Å². The van der Waals surface area contributed by atoms with Gasteiger partial charge >= 0.3 is 0 Å². The Morgan fingerprint density at radius 3 is 2.57 bits per heavy atom. The normalized spacial score (nSPS) is 23.5. The molecule has 1 fully saturated rings. The highest BCUT2D eigenvalue weighted by Crippen LogP contribution is 2.21. The maximum absolute atomic E-state index is 5.24. The molecule has 2 atom stereocenters. The van der Waals surface area contributed by atoms with Crippen LogP contribution < -0.4 is 10.1 Å². The van der Waals surface area contributed by atoms with E-state index in [1.807, 2.05) is 0 Å². The zero-order valence-electron chi connectivity index (χ0n) is 13.9. The molecule has 1 aliphatic heterocycles. The summed E-state index contributed by atoms with van der Waals surface area (Å²) >= 11 is 0. The average Bonchev–Trinajstić information content (AvgIpc) is 2.48. The molecule has 118 valence electrons. The molecule has 0 amide bonds. The van der Waals surface area contributed by atoms with E-state index in [0.717, 1.165) is 25.4 Å². The molecular weight excluding hydrogens is 260 g/mol. The van der Waals surface area contributed by atoms with E-state index in [1.165, 1.54) is 18.4 Å². The molecule has 3 nitrogen and oxygen atoms in total. The van der Waals surface area contributed by atoms with Gasteiger partial charge in [-0.25, -0.2) is 0 Å². The van der Waals surface area contributed by atoms with Crippen LogP contribution in [0, 0.1) is 5.92 Å². The van der Waals surface area contributed by atoms with Gasteiger partial charge in [0, 0.05) is 31.7 Å². The predicted molar refractivity (Wildman–Crippen MR) is 88.7 cm³/mol. The molecule has 2 rings (SSSR count). The quantitative estimate of drug-likeness (QED) is 0.870. The second-order valence-corrected chi connectivity index (χ2v) is 6.48. The summed E-state index contributed by atoms with van der Waals surface area (Å²) in [5.41, 5.74) is 1.37. The summed E-state index contributed by atoms with van der Waals surface area (Å²) in [6, 6.07) is 9.76. The lowest BCUT2D eigenvalue weighted by Gasteiger charge is -2.42. The lowest BCUT2D eigenvalue weighted by atomic mass is 9.96. The van der Waals surface area contributed by atoms with Crippen molar-refractivity contribution in [3.05, 3.63) is 29.8 Å². The lowest BCUT2D eigenvalue weighted by Crippen LogP contribution is -2.57. The van der Waals surface area contributed by atoms with Crippen LogP contribution in [0.1, 0.15) is 39.2 Å². The number of piperazine rings is 1. The van der Waals surface area contributed by atoms with Crippen molar-refractivity contribution in [2.75, 3.05) is 20.2 Å². The van der Waals surface area contributed by atoms with Crippen LogP contribution in [0.2, 0.25) is 0 Å². The van der Waals surface area contributed by atoms with Crippen LogP contribution in [-0.4, -0.2) is 37.2 Å². The Labute approximate surface area is 129 Å². The molecule has 0 spiro atoms. The third-order valence-corrected chi connectivity index (χ3v) is 4.49. The summed E-state index contributed by atoms with van der Waals surface area (Å²) in [5.74, 6) is 1.61. The molecule has 1 aliphatic rings. The molecule has 21 heavy (non-hydrogen) atoms. The fraction of sp³-hybridized carbons (Fsp3) is 0.667. The van der Waals surface area contributed by atoms with Crippen molar-refractivity contribution in [2.24, 2.45) is 5.92 Å². The van der Waals surface area contributed by atoms with Crippen molar-refractivity contribution < 1.29 is 4.74 Å². The van der Waals surface area contributed by atoms with Gasteiger partial charge in [-0.2, -0.15) is 0 Å². The zero-order valence-corrected chi connectivity index (χ0v) is 13.9. The highest BCUT2D eigenvalue weighted by Gasteiger charge is 2.29. The maximum Gasteiger partial charge on any atom is 0.118 e. The summed E-state index contributed by atoms with van der Waals surface area (Å²) in [6.45, 7) is 10.2. The molecule has 0 saturated carbocycles. The number of nitrogens with one attached hydrogen (secondary N) is 1. The first-order chi connectivity index (χ1) is 10.1. The summed E-state index contributed by atoms with van der Waals surface area (Å²) in [7, 11) is 1.72. The first-order valence-corrected chi connectivity index (χ1v) is 8.24. The van der Waals surface area contributed by atoms with Crippen molar-refractivity contribution in [3.8, 4) is 5.75 Å². The Morgan fingerprint density at radius 2 is 2.00 bits per heavy atom. The Morgan fingerprint density at radius 1 is 1.29 bits per heavy atom. The molecule has 0 aromatic heterocycles. The standard InChI is InChI=1S/C18H30N2O/c1-5-6-16-13-20(18(11-19-16)14(2)3)12-15-7-9-17(21-4)10-8-15/h7-10,14,16,18-19H,5-6,11-13H2,1-4H3. The number of ether oxygens (including phenoxy) is 1. The van der Waals surface area contributed by atoms with Crippen molar-refractivity contribution >= 4 is 0 Å². The van der Waals surface area contributed by atoms with E-state index < -0.39 is 0 Å². The van der Waals surface area contributed by atoms with Gasteiger partial charge in [0.05, 0.1) is 7.11 Å².